The third-order valence-corrected chi connectivity index (χ3v) is 7.28. The van der Waals surface area contributed by atoms with Crippen molar-refractivity contribution in [3.63, 3.8) is 0 Å². The molecule has 3 N–H and O–H groups in total. The van der Waals surface area contributed by atoms with Crippen LogP contribution in [0, 0.1) is 0 Å². The minimum absolute atomic E-state index is 0.0801. The summed E-state index contributed by atoms with van der Waals surface area (Å²) in [4.78, 5) is 25.8. The fraction of sp³-hybridized carbons (Fsp3) is 0.167. The average Bonchev–Trinajstić information content (AvgIpc) is 3.65. The van der Waals surface area contributed by atoms with E-state index in [0.717, 1.165) is 34.8 Å². The van der Waals surface area contributed by atoms with Crippen molar-refractivity contribution in [1.82, 2.24) is 15.9 Å². The Morgan fingerprint density at radius 3 is 2.45 bits per heavy atom. The summed E-state index contributed by atoms with van der Waals surface area (Å²) in [6.07, 6.45) is -4.46. The Hall–Kier alpha value is -4.17. The molecule has 38 heavy (non-hydrogen) atoms. The quantitative estimate of drug-likeness (QED) is 0.197. The molecule has 0 saturated carbocycles. The van der Waals surface area contributed by atoms with Crippen LogP contribution < -0.4 is 15.5 Å². The zero-order chi connectivity index (χ0) is 27.4. The number of amides is 2. The van der Waals surface area contributed by atoms with Crippen molar-refractivity contribution in [1.29, 1.82) is 0 Å². The van der Waals surface area contributed by atoms with Crippen molar-refractivity contribution >= 4 is 40.2 Å². The molecule has 2 amide bonds. The Balaban J connectivity index is 1.38. The topological polar surface area (TPSA) is 126 Å². The number of halogens is 3. The maximum Gasteiger partial charge on any atom is 0.416 e. The Morgan fingerprint density at radius 1 is 1.13 bits per heavy atom. The van der Waals surface area contributed by atoms with Crippen LogP contribution in [0.1, 0.15) is 43.2 Å². The number of thiophene rings is 2. The van der Waals surface area contributed by atoms with Gasteiger partial charge in [-0.3, -0.25) is 9.59 Å². The van der Waals surface area contributed by atoms with Crippen LogP contribution in [0.4, 0.5) is 13.2 Å². The van der Waals surface area contributed by atoms with Gasteiger partial charge in [-0.05, 0) is 41.9 Å². The van der Waals surface area contributed by atoms with Gasteiger partial charge in [0.15, 0.2) is 5.76 Å². The largest absolute Gasteiger partial charge is 0.506 e. The molecule has 0 spiro atoms. The first kappa shape index (κ1) is 26.9. The van der Waals surface area contributed by atoms with Crippen molar-refractivity contribution in [3.05, 3.63) is 74.5 Å². The zero-order valence-electron chi connectivity index (χ0n) is 19.8. The number of aromatic hydroxyl groups is 1. The standard InChI is InChI=1S/C24H19F3N4O5S2/c1-12(16-11-37-21(20(16)32)13-3-5-14(6-4-13)24(25,26)27)29-30-23(34)18-8-7-17(38-18)22(33)28-10-15-9-19(35-2)31-36-15/h3-9,11,32H,10H2,1-2H3,(H,28,33)(H,30,34). The Bertz CT molecular complexity index is 1490. The maximum absolute atomic E-state index is 12.8. The second-order valence-electron chi connectivity index (χ2n) is 7.72. The average molecular weight is 565 g/mol. The van der Waals surface area contributed by atoms with Gasteiger partial charge in [0, 0.05) is 11.4 Å². The fourth-order valence-corrected chi connectivity index (χ4v) is 5.01. The van der Waals surface area contributed by atoms with E-state index in [4.69, 9.17) is 9.26 Å². The molecule has 0 aliphatic rings. The van der Waals surface area contributed by atoms with Gasteiger partial charge in [-0.15, -0.1) is 22.7 Å². The third-order valence-electron chi connectivity index (χ3n) is 5.18. The van der Waals surface area contributed by atoms with E-state index in [-0.39, 0.29) is 28.8 Å². The predicted octanol–water partition coefficient (Wildman–Crippen LogP) is 5.28. The third kappa shape index (κ3) is 6.03. The summed E-state index contributed by atoms with van der Waals surface area (Å²) in [6.45, 7) is 1.64. The number of carbonyl (C=O) groups excluding carboxylic acids is 2. The molecule has 3 aromatic heterocycles. The molecule has 0 aliphatic heterocycles. The molecule has 4 rings (SSSR count). The Labute approximate surface area is 221 Å². The van der Waals surface area contributed by atoms with Crippen molar-refractivity contribution < 1.29 is 37.1 Å². The lowest BCUT2D eigenvalue weighted by Gasteiger charge is -2.07. The van der Waals surface area contributed by atoms with Crippen LogP contribution in [0.15, 0.2) is 57.5 Å². The van der Waals surface area contributed by atoms with E-state index in [2.05, 4.69) is 21.0 Å². The van der Waals surface area contributed by atoms with Crippen LogP contribution in [0.3, 0.4) is 0 Å². The van der Waals surface area contributed by atoms with E-state index in [0.29, 0.717) is 26.6 Å². The summed E-state index contributed by atoms with van der Waals surface area (Å²) < 4.78 is 48.3. The van der Waals surface area contributed by atoms with Crippen molar-refractivity contribution in [3.8, 4) is 22.1 Å². The number of benzene rings is 1. The van der Waals surface area contributed by atoms with Crippen LogP contribution in [0.25, 0.3) is 10.4 Å². The first-order valence-electron chi connectivity index (χ1n) is 10.8. The molecule has 0 saturated heterocycles. The van der Waals surface area contributed by atoms with Gasteiger partial charge in [0.25, 0.3) is 17.7 Å². The molecule has 1 aromatic carbocycles. The smallest absolute Gasteiger partial charge is 0.416 e. The molecular formula is C24H19F3N4O5S2. The van der Waals surface area contributed by atoms with Gasteiger partial charge < -0.3 is 19.7 Å². The molecule has 0 unspecified atom stereocenters. The molecule has 0 bridgehead atoms. The highest BCUT2D eigenvalue weighted by Crippen LogP contribution is 2.40. The fourth-order valence-electron chi connectivity index (χ4n) is 3.18. The normalized spacial score (nSPS) is 11.9. The van der Waals surface area contributed by atoms with Crippen LogP contribution >= 0.6 is 22.7 Å². The van der Waals surface area contributed by atoms with Crippen LogP contribution in [0.2, 0.25) is 0 Å². The van der Waals surface area contributed by atoms with E-state index in [1.165, 1.54) is 37.4 Å². The summed E-state index contributed by atoms with van der Waals surface area (Å²) in [5, 5.41) is 22.5. The number of carbonyl (C=O) groups is 2. The SMILES string of the molecule is COc1cc(CNC(=O)c2ccc(C(=O)NN=C(C)c3csc(-c4ccc(C(F)(F)F)cc4)c3O)s2)on1. The molecule has 14 heteroatoms. The van der Waals surface area contributed by atoms with Gasteiger partial charge in [-0.2, -0.15) is 18.3 Å². The molecule has 9 nitrogen and oxygen atoms in total. The second kappa shape index (κ2) is 11.1. The van der Waals surface area contributed by atoms with Gasteiger partial charge in [-0.1, -0.05) is 12.1 Å². The number of nitrogens with zero attached hydrogens (tertiary/aromatic N) is 2. The summed E-state index contributed by atoms with van der Waals surface area (Å²) in [5.74, 6) is -0.460. The number of ether oxygens (including phenoxy) is 1. The van der Waals surface area contributed by atoms with Gasteiger partial charge >= 0.3 is 6.18 Å². The highest BCUT2D eigenvalue weighted by atomic mass is 32.1. The zero-order valence-corrected chi connectivity index (χ0v) is 21.4. The van der Waals surface area contributed by atoms with Gasteiger partial charge in [0.2, 0.25) is 0 Å². The summed E-state index contributed by atoms with van der Waals surface area (Å²) in [5.41, 5.74) is 2.60. The first-order valence-corrected chi connectivity index (χ1v) is 12.5. The van der Waals surface area contributed by atoms with Crippen LogP contribution in [-0.2, 0) is 12.7 Å². The summed E-state index contributed by atoms with van der Waals surface area (Å²) in [7, 11) is 1.44. The number of hydrogen-bond donors (Lipinski definition) is 3. The van der Waals surface area contributed by atoms with Gasteiger partial charge in [0.05, 0.1) is 45.1 Å². The molecule has 198 valence electrons. The molecule has 0 atom stereocenters. The predicted molar refractivity (Wildman–Crippen MR) is 135 cm³/mol. The first-order chi connectivity index (χ1) is 18.1. The molecule has 0 aliphatic carbocycles. The lowest BCUT2D eigenvalue weighted by Crippen LogP contribution is -2.21. The lowest BCUT2D eigenvalue weighted by molar-refractivity contribution is -0.137. The molecular weight excluding hydrogens is 545 g/mol. The lowest BCUT2D eigenvalue weighted by atomic mass is 10.1. The number of methoxy groups -OCH3 is 1. The van der Waals surface area contributed by atoms with Crippen molar-refractivity contribution in [2.75, 3.05) is 7.11 Å². The molecule has 0 fully saturated rings. The Kier molecular flexibility index (Phi) is 7.83. The maximum atomic E-state index is 12.8. The summed E-state index contributed by atoms with van der Waals surface area (Å²) >= 11 is 2.09. The van der Waals surface area contributed by atoms with E-state index < -0.39 is 23.6 Å². The number of hydrogen-bond acceptors (Lipinski definition) is 9. The van der Waals surface area contributed by atoms with Crippen LogP contribution in [-0.4, -0.2) is 34.9 Å². The van der Waals surface area contributed by atoms with E-state index in [1.54, 1.807) is 12.3 Å². The van der Waals surface area contributed by atoms with E-state index >= 15 is 0 Å². The minimum Gasteiger partial charge on any atom is -0.506 e. The number of nitrogens with one attached hydrogen (secondary N) is 2. The summed E-state index contributed by atoms with van der Waals surface area (Å²) in [6, 6.07) is 8.94. The Morgan fingerprint density at radius 2 is 1.82 bits per heavy atom. The van der Waals surface area contributed by atoms with Crippen molar-refractivity contribution in [2.24, 2.45) is 5.10 Å². The highest BCUT2D eigenvalue weighted by molar-refractivity contribution is 7.16. The van der Waals surface area contributed by atoms with Gasteiger partial charge in [-0.25, -0.2) is 5.43 Å². The van der Waals surface area contributed by atoms with Gasteiger partial charge in [0.1, 0.15) is 5.75 Å². The number of aromatic nitrogens is 1. The minimum atomic E-state index is -4.46. The second-order valence-corrected chi connectivity index (χ2v) is 9.69. The van der Waals surface area contributed by atoms with E-state index in [1.807, 2.05) is 0 Å². The molecule has 3 heterocycles. The molecule has 0 radical (unpaired) electrons. The number of rotatable bonds is 8. The van der Waals surface area contributed by atoms with E-state index in [9.17, 15) is 27.9 Å². The highest BCUT2D eigenvalue weighted by Gasteiger charge is 2.30. The molecule has 4 aromatic rings. The van der Waals surface area contributed by atoms with Crippen molar-refractivity contribution in [2.45, 2.75) is 19.6 Å². The number of hydrazone groups is 1. The van der Waals surface area contributed by atoms with Crippen LogP contribution in [0.5, 0.6) is 11.6 Å². The number of alkyl halides is 3. The monoisotopic (exact) mass is 564 g/mol.